The number of fused-ring (bicyclic) bond motifs is 1. The first-order valence-electron chi connectivity index (χ1n) is 11.8. The fourth-order valence-electron chi connectivity index (χ4n) is 4.67. The summed E-state index contributed by atoms with van der Waals surface area (Å²) >= 11 is 0. The second-order valence-electron chi connectivity index (χ2n) is 9.03. The summed E-state index contributed by atoms with van der Waals surface area (Å²) in [6, 6.07) is 7.03. The van der Waals surface area contributed by atoms with Crippen LogP contribution in [0.1, 0.15) is 49.8 Å². The first kappa shape index (κ1) is 23.1. The molecule has 2 saturated heterocycles. The largest absolute Gasteiger partial charge is 0.383 e. The molecule has 2 aliphatic heterocycles. The third kappa shape index (κ3) is 4.81. The predicted octanol–water partition coefficient (Wildman–Crippen LogP) is 3.96. The van der Waals surface area contributed by atoms with Crippen LogP contribution in [0.5, 0.6) is 0 Å². The predicted molar refractivity (Wildman–Crippen MR) is 132 cm³/mol. The van der Waals surface area contributed by atoms with Crippen molar-refractivity contribution in [3.63, 3.8) is 0 Å². The molecule has 6 heteroatoms. The average Bonchev–Trinajstić information content (AvgIpc) is 3.09. The molecule has 6 nitrogen and oxygen atoms in total. The Balaban J connectivity index is 1.62. The minimum Gasteiger partial charge on any atom is -0.383 e. The van der Waals surface area contributed by atoms with Gasteiger partial charge in [0.1, 0.15) is 5.84 Å². The number of hydrogen-bond acceptors (Lipinski definition) is 4. The summed E-state index contributed by atoms with van der Waals surface area (Å²) in [5, 5.41) is 17.6. The number of carbonyl (C=O) groups is 1. The number of amides is 1. The molecule has 0 saturated carbocycles. The van der Waals surface area contributed by atoms with Crippen LogP contribution in [0.3, 0.4) is 0 Å². The summed E-state index contributed by atoms with van der Waals surface area (Å²) in [6.45, 7) is 9.79. The highest BCUT2D eigenvalue weighted by Crippen LogP contribution is 2.42. The van der Waals surface area contributed by atoms with Crippen LogP contribution >= 0.6 is 0 Å². The van der Waals surface area contributed by atoms with Crippen molar-refractivity contribution >= 4 is 11.7 Å². The van der Waals surface area contributed by atoms with Gasteiger partial charge in [-0.25, -0.2) is 0 Å². The molecular weight excluding hydrogens is 412 g/mol. The number of rotatable bonds is 7. The lowest BCUT2D eigenvalue weighted by atomic mass is 9.76. The molecule has 2 atom stereocenters. The number of ether oxygens (including phenoxy) is 1. The van der Waals surface area contributed by atoms with E-state index in [-0.39, 0.29) is 17.7 Å². The number of benzene rings is 1. The molecule has 2 heterocycles. The van der Waals surface area contributed by atoms with Gasteiger partial charge >= 0.3 is 0 Å². The molecule has 1 aromatic rings. The van der Waals surface area contributed by atoms with Crippen molar-refractivity contribution in [2.24, 2.45) is 5.92 Å². The molecule has 0 aromatic heterocycles. The minimum atomic E-state index is -0.117. The van der Waals surface area contributed by atoms with Crippen LogP contribution in [0.2, 0.25) is 0 Å². The summed E-state index contributed by atoms with van der Waals surface area (Å²) in [7, 11) is 0. The highest BCUT2D eigenvalue weighted by Gasteiger charge is 2.35. The molecule has 3 aliphatic rings. The van der Waals surface area contributed by atoms with Crippen LogP contribution in [0.15, 0.2) is 65.2 Å². The van der Waals surface area contributed by atoms with Gasteiger partial charge < -0.3 is 20.7 Å². The summed E-state index contributed by atoms with van der Waals surface area (Å²) in [4.78, 5) is 12.9. The van der Waals surface area contributed by atoms with E-state index >= 15 is 0 Å². The highest BCUT2D eigenvalue weighted by molar-refractivity contribution is 6.06. The molecule has 2 unspecified atom stereocenters. The Morgan fingerprint density at radius 3 is 2.73 bits per heavy atom. The Hall–Kier alpha value is -3.12. The minimum absolute atomic E-state index is 0.117. The molecule has 33 heavy (non-hydrogen) atoms. The average molecular weight is 447 g/mol. The van der Waals surface area contributed by atoms with Gasteiger partial charge in [-0.1, -0.05) is 44.2 Å². The molecular formula is C27H34N4O2. The molecule has 174 valence electrons. The first-order valence-corrected chi connectivity index (χ1v) is 11.8. The number of nitrogens with one attached hydrogen (secondary N) is 4. The van der Waals surface area contributed by atoms with Crippen molar-refractivity contribution in [3.8, 4) is 0 Å². The van der Waals surface area contributed by atoms with Crippen LogP contribution in [0, 0.1) is 18.3 Å². The van der Waals surface area contributed by atoms with E-state index in [1.807, 2.05) is 6.92 Å². The summed E-state index contributed by atoms with van der Waals surface area (Å²) in [5.41, 5.74) is 7.04. The van der Waals surface area contributed by atoms with Gasteiger partial charge in [-0.15, -0.1) is 0 Å². The number of carbonyl (C=O) groups excluding carboxylic acids is 1. The molecule has 1 aromatic carbocycles. The van der Waals surface area contributed by atoms with Gasteiger partial charge in [-0.05, 0) is 55.4 Å². The van der Waals surface area contributed by atoms with E-state index in [0.717, 1.165) is 24.1 Å². The summed E-state index contributed by atoms with van der Waals surface area (Å²) < 4.78 is 5.13. The second kappa shape index (κ2) is 9.79. The molecule has 1 aliphatic carbocycles. The van der Waals surface area contributed by atoms with E-state index in [0.29, 0.717) is 36.4 Å². The van der Waals surface area contributed by atoms with Crippen molar-refractivity contribution in [3.05, 3.63) is 81.9 Å². The molecule has 2 fully saturated rings. The van der Waals surface area contributed by atoms with Gasteiger partial charge in [-0.3, -0.25) is 10.2 Å². The lowest BCUT2D eigenvalue weighted by molar-refractivity contribution is -0.115. The zero-order chi connectivity index (χ0) is 23.5. The van der Waals surface area contributed by atoms with Gasteiger partial charge in [0, 0.05) is 29.1 Å². The zero-order valence-corrected chi connectivity index (χ0v) is 19.9. The van der Waals surface area contributed by atoms with E-state index in [1.54, 1.807) is 12.3 Å². The lowest BCUT2D eigenvalue weighted by Gasteiger charge is -2.28. The third-order valence-corrected chi connectivity index (χ3v) is 6.72. The molecule has 0 bridgehead atoms. The van der Waals surface area contributed by atoms with Gasteiger partial charge in [-0.2, -0.15) is 0 Å². The Kier molecular flexibility index (Phi) is 6.84. The van der Waals surface area contributed by atoms with Gasteiger partial charge in [0.15, 0.2) is 0 Å². The number of aryl methyl sites for hydroxylation is 2. The fourth-order valence-corrected chi connectivity index (χ4v) is 4.67. The fraction of sp³-hybridized carbons (Fsp3) is 0.407. The number of amidine groups is 1. The maximum Gasteiger partial charge on any atom is 0.258 e. The highest BCUT2D eigenvalue weighted by atomic mass is 16.5. The maximum atomic E-state index is 12.9. The summed E-state index contributed by atoms with van der Waals surface area (Å²) in [5.74, 6) is 0.645. The van der Waals surface area contributed by atoms with E-state index < -0.39 is 0 Å². The van der Waals surface area contributed by atoms with Gasteiger partial charge in [0.05, 0.1) is 24.8 Å². The number of allylic oxidation sites excluding steroid dienone is 4. The Bertz CT molecular complexity index is 1080. The van der Waals surface area contributed by atoms with Crippen LogP contribution in [-0.2, 0) is 16.0 Å². The van der Waals surface area contributed by atoms with E-state index in [9.17, 15) is 4.79 Å². The Morgan fingerprint density at radius 2 is 2.06 bits per heavy atom. The van der Waals surface area contributed by atoms with Crippen LogP contribution < -0.4 is 16.0 Å². The monoisotopic (exact) mass is 446 g/mol. The zero-order valence-electron chi connectivity index (χ0n) is 19.9. The first-order chi connectivity index (χ1) is 15.9. The molecule has 0 spiro atoms. The van der Waals surface area contributed by atoms with Crippen LogP contribution in [0.4, 0.5) is 0 Å². The van der Waals surface area contributed by atoms with Crippen molar-refractivity contribution in [2.75, 3.05) is 13.2 Å². The SMILES string of the molecule is CCc1ccc(C)c(C2C=C3C(=CC2CC)NC(=O)/C3=C(/C)NC(=N)/C=C\NC2COC2)c1. The van der Waals surface area contributed by atoms with Crippen molar-refractivity contribution in [1.82, 2.24) is 16.0 Å². The van der Waals surface area contributed by atoms with Crippen molar-refractivity contribution < 1.29 is 9.53 Å². The van der Waals surface area contributed by atoms with Crippen LogP contribution in [-0.4, -0.2) is 31.0 Å². The van der Waals surface area contributed by atoms with Gasteiger partial charge in [0.2, 0.25) is 0 Å². The van der Waals surface area contributed by atoms with E-state index in [4.69, 9.17) is 10.1 Å². The smallest absolute Gasteiger partial charge is 0.258 e. The van der Waals surface area contributed by atoms with Crippen molar-refractivity contribution in [1.29, 1.82) is 5.41 Å². The molecule has 1 amide bonds. The second-order valence-corrected chi connectivity index (χ2v) is 9.03. The van der Waals surface area contributed by atoms with E-state index in [2.05, 4.69) is 67.1 Å². The van der Waals surface area contributed by atoms with Gasteiger partial charge in [0.25, 0.3) is 5.91 Å². The molecule has 4 rings (SSSR count). The molecule has 0 radical (unpaired) electrons. The lowest BCUT2D eigenvalue weighted by Crippen LogP contribution is -2.43. The Morgan fingerprint density at radius 1 is 1.27 bits per heavy atom. The number of hydrogen-bond donors (Lipinski definition) is 4. The van der Waals surface area contributed by atoms with Crippen molar-refractivity contribution in [2.45, 2.75) is 52.5 Å². The Labute approximate surface area is 196 Å². The quantitative estimate of drug-likeness (QED) is 0.290. The maximum absolute atomic E-state index is 12.9. The molecule has 4 N–H and O–H groups in total. The third-order valence-electron chi connectivity index (χ3n) is 6.72. The summed E-state index contributed by atoms with van der Waals surface area (Å²) in [6.07, 6.45) is 9.88. The van der Waals surface area contributed by atoms with Crippen LogP contribution in [0.25, 0.3) is 0 Å². The topological polar surface area (TPSA) is 86.2 Å². The normalized spacial score (nSPS) is 23.9. The van der Waals surface area contributed by atoms with E-state index in [1.165, 1.54) is 16.7 Å². The standard InChI is InChI=1S/C27H34N4O2/c1-5-18-8-7-16(3)21(11-18)22-13-23-24(12-19(22)6-2)31-27(32)26(23)17(4)30-25(28)9-10-29-20-14-33-15-20/h7-13,19-20,22,29H,5-6,14-15H2,1-4H3,(H2,28,30)(H,31,32)/b10-9-,26-17-.